The number of fused-ring (bicyclic) bond motifs is 2. The van der Waals surface area contributed by atoms with Gasteiger partial charge >= 0.3 is 0 Å². The molecule has 1 atom stereocenters. The van der Waals surface area contributed by atoms with E-state index >= 15 is 0 Å². The summed E-state index contributed by atoms with van der Waals surface area (Å²) in [6.45, 7) is 0.157. The summed E-state index contributed by atoms with van der Waals surface area (Å²) < 4.78 is 17.1. The van der Waals surface area contributed by atoms with E-state index < -0.39 is 6.10 Å². The monoisotopic (exact) mass is 378 g/mol. The third-order valence-electron chi connectivity index (χ3n) is 4.21. The van der Waals surface area contributed by atoms with Crippen LogP contribution in [0.5, 0.6) is 11.5 Å². The van der Waals surface area contributed by atoms with Crippen LogP contribution in [-0.2, 0) is 4.79 Å². The van der Waals surface area contributed by atoms with Gasteiger partial charge in [0.2, 0.25) is 6.10 Å². The highest BCUT2D eigenvalue weighted by molar-refractivity contribution is 7.14. The number of benzene rings is 2. The Kier molecular flexibility index (Phi) is 3.79. The van der Waals surface area contributed by atoms with Crippen molar-refractivity contribution in [2.24, 2.45) is 0 Å². The minimum atomic E-state index is -0.724. The van der Waals surface area contributed by atoms with E-state index in [0.29, 0.717) is 28.1 Å². The van der Waals surface area contributed by atoms with Crippen molar-refractivity contribution in [2.75, 3.05) is 11.9 Å². The Morgan fingerprint density at radius 3 is 2.81 bits per heavy atom. The van der Waals surface area contributed by atoms with Gasteiger partial charge in [-0.2, -0.15) is 0 Å². The maximum atomic E-state index is 12.5. The van der Waals surface area contributed by atoms with Crippen LogP contribution in [0, 0.1) is 0 Å². The molecular formula is C20H14N2O4S. The van der Waals surface area contributed by atoms with Crippen molar-refractivity contribution >= 4 is 33.3 Å². The van der Waals surface area contributed by atoms with Crippen LogP contribution >= 0.6 is 11.3 Å². The summed E-state index contributed by atoms with van der Waals surface area (Å²) in [5.74, 6) is 1.57. The van der Waals surface area contributed by atoms with Gasteiger partial charge in [0.25, 0.3) is 5.91 Å². The number of nitrogens with one attached hydrogen (secondary N) is 1. The second kappa shape index (κ2) is 6.44. The average Bonchev–Trinajstić information content (AvgIpc) is 3.34. The molecule has 4 aromatic rings. The summed E-state index contributed by atoms with van der Waals surface area (Å²) in [5, 5.41) is 6.13. The molecule has 134 valence electrons. The van der Waals surface area contributed by atoms with E-state index in [1.165, 1.54) is 11.3 Å². The first-order valence-corrected chi connectivity index (χ1v) is 9.28. The summed E-state index contributed by atoms with van der Waals surface area (Å²) in [7, 11) is 0. The average molecular weight is 378 g/mol. The lowest BCUT2D eigenvalue weighted by Crippen LogP contribution is -2.40. The van der Waals surface area contributed by atoms with Gasteiger partial charge in [-0.3, -0.25) is 10.1 Å². The molecule has 6 nitrogen and oxygen atoms in total. The Morgan fingerprint density at radius 1 is 1.11 bits per heavy atom. The number of furan rings is 1. The lowest BCUT2D eigenvalue weighted by molar-refractivity contribution is -0.125. The number of carbonyl (C=O) groups is 1. The second-order valence-corrected chi connectivity index (χ2v) is 6.90. The molecule has 0 radical (unpaired) electrons. The van der Waals surface area contributed by atoms with Gasteiger partial charge in [-0.15, -0.1) is 11.3 Å². The molecule has 0 fully saturated rings. The molecule has 0 spiro atoms. The van der Waals surface area contributed by atoms with Gasteiger partial charge in [0.1, 0.15) is 17.9 Å². The Labute approximate surface area is 158 Å². The van der Waals surface area contributed by atoms with Crippen LogP contribution in [0.2, 0.25) is 0 Å². The van der Waals surface area contributed by atoms with Crippen molar-refractivity contribution in [2.45, 2.75) is 6.10 Å². The molecule has 3 heterocycles. The molecule has 1 aliphatic heterocycles. The van der Waals surface area contributed by atoms with Crippen molar-refractivity contribution in [1.82, 2.24) is 4.98 Å². The number of rotatable bonds is 3. The third-order valence-corrected chi connectivity index (χ3v) is 4.97. The van der Waals surface area contributed by atoms with Gasteiger partial charge in [-0.05, 0) is 24.3 Å². The first-order chi connectivity index (χ1) is 13.3. The smallest absolute Gasteiger partial charge is 0.270 e. The number of para-hydroxylation sites is 3. The van der Waals surface area contributed by atoms with Crippen LogP contribution in [0.3, 0.4) is 0 Å². The van der Waals surface area contributed by atoms with Crippen LogP contribution in [0.1, 0.15) is 0 Å². The normalized spacial score (nSPS) is 15.6. The fourth-order valence-corrected chi connectivity index (χ4v) is 3.59. The van der Waals surface area contributed by atoms with E-state index in [4.69, 9.17) is 13.9 Å². The Balaban J connectivity index is 1.31. The maximum Gasteiger partial charge on any atom is 0.270 e. The van der Waals surface area contributed by atoms with Crippen LogP contribution in [0.4, 0.5) is 5.13 Å². The van der Waals surface area contributed by atoms with E-state index in [1.807, 2.05) is 53.9 Å². The standard InChI is InChI=1S/C20H14N2O4S/c23-19(18-10-24-15-7-3-4-8-16(15)26-18)22-20-21-13(11-27-20)17-9-12-5-1-2-6-14(12)25-17/h1-9,11,18H,10H2,(H,21,22,23)/t18-/m0/s1. The number of thiazole rings is 1. The van der Waals surface area contributed by atoms with Gasteiger partial charge in [0, 0.05) is 10.8 Å². The summed E-state index contributed by atoms with van der Waals surface area (Å²) in [6.07, 6.45) is -0.724. The van der Waals surface area contributed by atoms with Crippen molar-refractivity contribution in [1.29, 1.82) is 0 Å². The van der Waals surface area contributed by atoms with E-state index in [2.05, 4.69) is 10.3 Å². The van der Waals surface area contributed by atoms with Gasteiger partial charge in [0.15, 0.2) is 22.4 Å². The zero-order valence-electron chi connectivity index (χ0n) is 14.0. The maximum absolute atomic E-state index is 12.5. The molecule has 0 aliphatic carbocycles. The SMILES string of the molecule is O=C(Nc1nc(-c2cc3ccccc3o2)cs1)[C@@H]1COc2ccccc2O1. The van der Waals surface area contributed by atoms with E-state index in [-0.39, 0.29) is 12.5 Å². The fraction of sp³-hybridized carbons (Fsp3) is 0.100. The Hall–Kier alpha value is -3.32. The summed E-state index contributed by atoms with van der Waals surface area (Å²) in [6, 6.07) is 17.0. The fourth-order valence-electron chi connectivity index (χ4n) is 2.89. The van der Waals surface area contributed by atoms with E-state index in [9.17, 15) is 4.79 Å². The molecule has 1 aliphatic rings. The van der Waals surface area contributed by atoms with Gasteiger partial charge < -0.3 is 13.9 Å². The highest BCUT2D eigenvalue weighted by atomic mass is 32.1. The number of hydrogen-bond acceptors (Lipinski definition) is 6. The largest absolute Gasteiger partial charge is 0.485 e. The van der Waals surface area contributed by atoms with Crippen molar-refractivity contribution in [3.63, 3.8) is 0 Å². The number of anilines is 1. The number of aromatic nitrogens is 1. The zero-order valence-corrected chi connectivity index (χ0v) is 14.9. The molecule has 0 unspecified atom stereocenters. The van der Waals surface area contributed by atoms with E-state index in [0.717, 1.165) is 11.0 Å². The van der Waals surface area contributed by atoms with Gasteiger partial charge in [-0.1, -0.05) is 30.3 Å². The minimum Gasteiger partial charge on any atom is -0.485 e. The predicted octanol–water partition coefficient (Wildman–Crippen LogP) is 4.33. The highest BCUT2D eigenvalue weighted by Gasteiger charge is 2.28. The van der Waals surface area contributed by atoms with Crippen molar-refractivity contribution in [3.8, 4) is 23.0 Å². The summed E-state index contributed by atoms with van der Waals surface area (Å²) >= 11 is 1.33. The Bertz CT molecular complexity index is 1100. The molecule has 2 aromatic carbocycles. The number of hydrogen-bond donors (Lipinski definition) is 1. The first-order valence-electron chi connectivity index (χ1n) is 8.40. The molecule has 1 N–H and O–H groups in total. The highest BCUT2D eigenvalue weighted by Crippen LogP contribution is 2.32. The third kappa shape index (κ3) is 3.02. The topological polar surface area (TPSA) is 73.6 Å². The molecule has 0 saturated heterocycles. The summed E-state index contributed by atoms with van der Waals surface area (Å²) in [4.78, 5) is 16.9. The molecule has 27 heavy (non-hydrogen) atoms. The lowest BCUT2D eigenvalue weighted by atomic mass is 10.2. The van der Waals surface area contributed by atoms with Crippen LogP contribution in [0.25, 0.3) is 22.4 Å². The molecule has 7 heteroatoms. The van der Waals surface area contributed by atoms with E-state index in [1.54, 1.807) is 6.07 Å². The quantitative estimate of drug-likeness (QED) is 0.574. The van der Waals surface area contributed by atoms with Gasteiger partial charge in [0.05, 0.1) is 0 Å². The number of ether oxygens (including phenoxy) is 2. The Morgan fingerprint density at radius 2 is 1.93 bits per heavy atom. The molecule has 1 amide bonds. The summed E-state index contributed by atoms with van der Waals surface area (Å²) in [5.41, 5.74) is 1.48. The lowest BCUT2D eigenvalue weighted by Gasteiger charge is -2.25. The van der Waals surface area contributed by atoms with Crippen molar-refractivity contribution in [3.05, 3.63) is 60.0 Å². The molecule has 2 aromatic heterocycles. The molecule has 5 rings (SSSR count). The molecular weight excluding hydrogens is 364 g/mol. The van der Waals surface area contributed by atoms with Crippen LogP contribution in [0.15, 0.2) is 64.4 Å². The van der Waals surface area contributed by atoms with Crippen LogP contribution in [-0.4, -0.2) is 23.6 Å². The zero-order chi connectivity index (χ0) is 18.2. The second-order valence-electron chi connectivity index (χ2n) is 6.04. The molecule has 0 bridgehead atoms. The van der Waals surface area contributed by atoms with Crippen LogP contribution < -0.4 is 14.8 Å². The predicted molar refractivity (Wildman–Crippen MR) is 102 cm³/mol. The number of nitrogens with zero attached hydrogens (tertiary/aromatic N) is 1. The van der Waals surface area contributed by atoms with Gasteiger partial charge in [-0.25, -0.2) is 4.98 Å². The van der Waals surface area contributed by atoms with Crippen molar-refractivity contribution < 1.29 is 18.7 Å². The number of amides is 1. The number of carbonyl (C=O) groups excluding carboxylic acids is 1. The first kappa shape index (κ1) is 15.9. The minimum absolute atomic E-state index is 0.157. The molecule has 0 saturated carbocycles.